The van der Waals surface area contributed by atoms with E-state index in [1.54, 1.807) is 10.2 Å². The number of alkyl halides is 7. The van der Waals surface area contributed by atoms with Crippen LogP contribution in [-0.2, 0) is 22.3 Å². The van der Waals surface area contributed by atoms with Gasteiger partial charge in [0.05, 0.1) is 18.8 Å². The van der Waals surface area contributed by atoms with Crippen molar-refractivity contribution in [3.8, 4) is 0 Å². The first-order chi connectivity index (χ1) is 12.0. The third kappa shape index (κ3) is 4.99. The summed E-state index contributed by atoms with van der Waals surface area (Å²) in [6.07, 6.45) is -14.0. The number of halogens is 7. The molecule has 0 aliphatic carbocycles. The van der Waals surface area contributed by atoms with E-state index in [9.17, 15) is 35.5 Å². The Labute approximate surface area is 143 Å². The van der Waals surface area contributed by atoms with Crippen molar-refractivity contribution in [1.82, 2.24) is 5.32 Å². The van der Waals surface area contributed by atoms with Crippen LogP contribution < -0.4 is 10.2 Å². The summed E-state index contributed by atoms with van der Waals surface area (Å²) in [5.74, 6) is -2.04. The van der Waals surface area contributed by atoms with E-state index in [0.29, 0.717) is 26.3 Å². The van der Waals surface area contributed by atoms with Crippen molar-refractivity contribution in [2.75, 3.05) is 31.2 Å². The minimum atomic E-state index is -5.42. The van der Waals surface area contributed by atoms with E-state index in [1.165, 1.54) is 6.07 Å². The highest BCUT2D eigenvalue weighted by molar-refractivity contribution is 5.81. The molecule has 0 saturated carbocycles. The number of anilines is 1. The van der Waals surface area contributed by atoms with E-state index in [4.69, 9.17) is 4.74 Å². The molecule has 26 heavy (non-hydrogen) atoms. The zero-order valence-corrected chi connectivity index (χ0v) is 13.3. The Morgan fingerprint density at radius 1 is 1.15 bits per heavy atom. The molecule has 1 amide bonds. The number of ether oxygens (including phenoxy) is 1. The molecule has 11 heteroatoms. The van der Waals surface area contributed by atoms with Gasteiger partial charge in [-0.15, -0.1) is 0 Å². The maximum absolute atomic E-state index is 13.3. The van der Waals surface area contributed by atoms with Crippen molar-refractivity contribution in [1.29, 1.82) is 0 Å². The van der Waals surface area contributed by atoms with E-state index in [0.717, 1.165) is 12.1 Å². The largest absolute Gasteiger partial charge is 0.428 e. The van der Waals surface area contributed by atoms with E-state index < -0.39 is 42.1 Å². The first-order valence-electron chi connectivity index (χ1n) is 7.51. The first kappa shape index (κ1) is 20.3. The fourth-order valence-electron chi connectivity index (χ4n) is 2.42. The highest BCUT2D eigenvalue weighted by Gasteiger charge is 2.45. The molecule has 0 unspecified atom stereocenters. The van der Waals surface area contributed by atoms with Gasteiger partial charge in [0.25, 0.3) is 12.1 Å². The standard InChI is InChI=1S/C15H15F7N2O2/c16-12(15(20,21)22)13(25)23-8-9-1-2-10(7-11(9)14(17,18)19)24-3-5-26-6-4-24/h1-2,7,12H,3-6,8H2,(H,23,25)/t12-/m1/s1. The van der Waals surface area contributed by atoms with Crippen LogP contribution in [0.15, 0.2) is 18.2 Å². The van der Waals surface area contributed by atoms with Gasteiger partial charge in [-0.3, -0.25) is 4.79 Å². The summed E-state index contributed by atoms with van der Waals surface area (Å²) in [7, 11) is 0. The van der Waals surface area contributed by atoms with Gasteiger partial charge in [0.15, 0.2) is 0 Å². The molecule has 1 N–H and O–H groups in total. The van der Waals surface area contributed by atoms with Gasteiger partial charge < -0.3 is 15.0 Å². The second-order valence-electron chi connectivity index (χ2n) is 5.56. The van der Waals surface area contributed by atoms with Crippen LogP contribution in [0.3, 0.4) is 0 Å². The van der Waals surface area contributed by atoms with Crippen molar-refractivity contribution in [3.05, 3.63) is 29.3 Å². The number of carbonyl (C=O) groups excluding carboxylic acids is 1. The van der Waals surface area contributed by atoms with Crippen molar-refractivity contribution < 1.29 is 40.3 Å². The van der Waals surface area contributed by atoms with Crippen LogP contribution in [0.25, 0.3) is 0 Å². The lowest BCUT2D eigenvalue weighted by atomic mass is 10.0. The van der Waals surface area contributed by atoms with Gasteiger partial charge in [-0.05, 0) is 17.7 Å². The van der Waals surface area contributed by atoms with Crippen LogP contribution in [0.4, 0.5) is 36.4 Å². The molecule has 4 nitrogen and oxygen atoms in total. The number of hydrogen-bond acceptors (Lipinski definition) is 3. The SMILES string of the molecule is O=C(NCc1ccc(N2CCOCC2)cc1C(F)(F)F)[C@@H](F)C(F)(F)F. The van der Waals surface area contributed by atoms with E-state index >= 15 is 0 Å². The second kappa shape index (κ2) is 7.68. The zero-order chi connectivity index (χ0) is 19.5. The highest BCUT2D eigenvalue weighted by atomic mass is 19.4. The second-order valence-corrected chi connectivity index (χ2v) is 5.56. The van der Waals surface area contributed by atoms with Gasteiger partial charge >= 0.3 is 12.4 Å². The molecule has 1 aliphatic heterocycles. The zero-order valence-electron chi connectivity index (χ0n) is 13.3. The molecule has 2 rings (SSSR count). The number of hydrogen-bond donors (Lipinski definition) is 1. The van der Waals surface area contributed by atoms with E-state index in [-0.39, 0.29) is 5.69 Å². The van der Waals surface area contributed by atoms with Crippen LogP contribution in [-0.4, -0.2) is 44.6 Å². The number of rotatable bonds is 4. The normalized spacial score (nSPS) is 17.1. The molecule has 1 fully saturated rings. The van der Waals surface area contributed by atoms with Gasteiger partial charge in [0, 0.05) is 25.3 Å². The Morgan fingerprint density at radius 2 is 1.77 bits per heavy atom. The monoisotopic (exact) mass is 388 g/mol. The average molecular weight is 388 g/mol. The summed E-state index contributed by atoms with van der Waals surface area (Å²) < 4.78 is 94.1. The summed E-state index contributed by atoms with van der Waals surface area (Å²) in [5.41, 5.74) is -1.30. The minimum absolute atomic E-state index is 0.273. The fraction of sp³-hybridized carbons (Fsp3) is 0.533. The maximum atomic E-state index is 13.3. The lowest BCUT2D eigenvalue weighted by Gasteiger charge is -2.29. The summed E-state index contributed by atoms with van der Waals surface area (Å²) >= 11 is 0. The van der Waals surface area contributed by atoms with E-state index in [2.05, 4.69) is 0 Å². The molecule has 0 bridgehead atoms. The first-order valence-corrected chi connectivity index (χ1v) is 7.51. The summed E-state index contributed by atoms with van der Waals surface area (Å²) in [6.45, 7) is 0.613. The van der Waals surface area contributed by atoms with Crippen LogP contribution in [0.1, 0.15) is 11.1 Å². The molecule has 0 radical (unpaired) electrons. The third-order valence-corrected chi connectivity index (χ3v) is 3.75. The molecule has 146 valence electrons. The molecule has 0 aromatic heterocycles. The summed E-state index contributed by atoms with van der Waals surface area (Å²) in [4.78, 5) is 12.8. The lowest BCUT2D eigenvalue weighted by molar-refractivity contribution is -0.187. The molecular weight excluding hydrogens is 373 g/mol. The molecule has 1 aliphatic rings. The highest BCUT2D eigenvalue weighted by Crippen LogP contribution is 2.35. The average Bonchev–Trinajstić information content (AvgIpc) is 2.58. The Hall–Kier alpha value is -2.04. The third-order valence-electron chi connectivity index (χ3n) is 3.75. The molecular formula is C15H15F7N2O2. The quantitative estimate of drug-likeness (QED) is 0.807. The van der Waals surface area contributed by atoms with Crippen LogP contribution in [0, 0.1) is 0 Å². The van der Waals surface area contributed by atoms with Crippen molar-refractivity contribution in [2.45, 2.75) is 25.1 Å². The lowest BCUT2D eigenvalue weighted by Crippen LogP contribution is -2.41. The predicted molar refractivity (Wildman–Crippen MR) is 77.3 cm³/mol. The fourth-order valence-corrected chi connectivity index (χ4v) is 2.42. The number of nitrogens with zero attached hydrogens (tertiary/aromatic N) is 1. The van der Waals surface area contributed by atoms with Gasteiger partial charge in [-0.25, -0.2) is 4.39 Å². The van der Waals surface area contributed by atoms with Crippen molar-refractivity contribution in [3.63, 3.8) is 0 Å². The Morgan fingerprint density at radius 3 is 2.31 bits per heavy atom. The summed E-state index contributed by atoms with van der Waals surface area (Å²) in [6, 6.07) is 3.26. The van der Waals surface area contributed by atoms with Crippen LogP contribution in [0.2, 0.25) is 0 Å². The van der Waals surface area contributed by atoms with Gasteiger partial charge in [0.1, 0.15) is 0 Å². The number of carbonyl (C=O) groups is 1. The Kier molecular flexibility index (Phi) is 5.99. The Bertz CT molecular complexity index is 640. The van der Waals surface area contributed by atoms with Crippen LogP contribution in [0.5, 0.6) is 0 Å². The van der Waals surface area contributed by atoms with Gasteiger partial charge in [-0.1, -0.05) is 6.07 Å². The van der Waals surface area contributed by atoms with Crippen molar-refractivity contribution in [2.24, 2.45) is 0 Å². The maximum Gasteiger partial charge on any atom is 0.428 e. The smallest absolute Gasteiger partial charge is 0.378 e. The van der Waals surface area contributed by atoms with Crippen LogP contribution >= 0.6 is 0 Å². The number of morpholine rings is 1. The molecule has 0 spiro atoms. The number of amides is 1. The van der Waals surface area contributed by atoms with Gasteiger partial charge in [0.2, 0.25) is 0 Å². The predicted octanol–water partition coefficient (Wildman–Crippen LogP) is 3.06. The topological polar surface area (TPSA) is 41.6 Å². The van der Waals surface area contributed by atoms with Gasteiger partial charge in [-0.2, -0.15) is 26.3 Å². The molecule has 1 heterocycles. The molecule has 1 aromatic rings. The number of benzene rings is 1. The summed E-state index contributed by atoms with van der Waals surface area (Å²) in [5, 5.41) is 1.55. The number of nitrogens with one attached hydrogen (secondary N) is 1. The molecule has 1 saturated heterocycles. The van der Waals surface area contributed by atoms with E-state index in [1.807, 2.05) is 0 Å². The molecule has 1 aromatic carbocycles. The Balaban J connectivity index is 2.18. The molecule has 1 atom stereocenters. The van der Waals surface area contributed by atoms with Crippen molar-refractivity contribution >= 4 is 11.6 Å². The minimum Gasteiger partial charge on any atom is -0.378 e.